The fraction of sp³-hybridized carbons (Fsp3) is 0.542. The number of rotatable bonds is 4. The SMILES string of the molecule is CNc1cc(C)nc([C@@]2(C)CCCN(C(=O)C3(c4ccccc4)CCOCC3)C2)n1. The molecule has 2 aromatic rings. The van der Waals surface area contributed by atoms with Crippen molar-refractivity contribution in [2.24, 2.45) is 0 Å². The summed E-state index contributed by atoms with van der Waals surface area (Å²) in [6, 6.07) is 12.2. The fourth-order valence-electron chi connectivity index (χ4n) is 4.97. The van der Waals surface area contributed by atoms with Crippen LogP contribution in [-0.2, 0) is 20.4 Å². The fourth-order valence-corrected chi connectivity index (χ4v) is 4.97. The third-order valence-electron chi connectivity index (χ3n) is 6.72. The highest BCUT2D eigenvalue weighted by Gasteiger charge is 2.47. The second-order valence-corrected chi connectivity index (χ2v) is 8.92. The van der Waals surface area contributed by atoms with E-state index >= 15 is 0 Å². The molecule has 2 fully saturated rings. The van der Waals surface area contributed by atoms with Crippen molar-refractivity contribution in [1.82, 2.24) is 14.9 Å². The Balaban J connectivity index is 1.65. The number of carbonyl (C=O) groups excluding carboxylic acids is 1. The molecule has 0 saturated carbocycles. The zero-order valence-electron chi connectivity index (χ0n) is 18.3. The number of aryl methyl sites for hydroxylation is 1. The van der Waals surface area contributed by atoms with Gasteiger partial charge < -0.3 is 15.0 Å². The summed E-state index contributed by atoms with van der Waals surface area (Å²) in [5.74, 6) is 1.88. The van der Waals surface area contributed by atoms with Crippen LogP contribution >= 0.6 is 0 Å². The van der Waals surface area contributed by atoms with Crippen LogP contribution in [0.1, 0.15) is 49.7 Å². The molecule has 30 heavy (non-hydrogen) atoms. The summed E-state index contributed by atoms with van der Waals surface area (Å²) in [5.41, 5.74) is 1.30. The molecule has 0 spiro atoms. The minimum Gasteiger partial charge on any atom is -0.381 e. The largest absolute Gasteiger partial charge is 0.381 e. The lowest BCUT2D eigenvalue weighted by atomic mass is 9.71. The van der Waals surface area contributed by atoms with Gasteiger partial charge in [0, 0.05) is 50.5 Å². The van der Waals surface area contributed by atoms with Crippen molar-refractivity contribution in [2.45, 2.75) is 50.4 Å². The Bertz CT molecular complexity index is 895. The zero-order valence-corrected chi connectivity index (χ0v) is 18.3. The number of anilines is 1. The van der Waals surface area contributed by atoms with E-state index in [2.05, 4.69) is 29.3 Å². The van der Waals surface area contributed by atoms with E-state index in [1.807, 2.05) is 38.2 Å². The quantitative estimate of drug-likeness (QED) is 0.839. The number of carbonyl (C=O) groups is 1. The molecule has 0 bridgehead atoms. The number of nitrogens with zero attached hydrogens (tertiary/aromatic N) is 3. The van der Waals surface area contributed by atoms with Crippen LogP contribution in [0.25, 0.3) is 0 Å². The molecule has 2 saturated heterocycles. The molecule has 6 heteroatoms. The normalized spacial score (nSPS) is 23.8. The van der Waals surface area contributed by atoms with Crippen LogP contribution in [0.3, 0.4) is 0 Å². The lowest BCUT2D eigenvalue weighted by Gasteiger charge is -2.45. The van der Waals surface area contributed by atoms with Crippen LogP contribution in [0, 0.1) is 6.92 Å². The number of likely N-dealkylation sites (tertiary alicyclic amines) is 1. The van der Waals surface area contributed by atoms with Crippen LogP contribution in [0.5, 0.6) is 0 Å². The van der Waals surface area contributed by atoms with Crippen LogP contribution < -0.4 is 5.32 Å². The van der Waals surface area contributed by atoms with Crippen molar-refractivity contribution in [2.75, 3.05) is 38.7 Å². The van der Waals surface area contributed by atoms with Crippen molar-refractivity contribution in [3.63, 3.8) is 0 Å². The van der Waals surface area contributed by atoms with Crippen molar-refractivity contribution >= 4 is 11.7 Å². The Morgan fingerprint density at radius 3 is 2.57 bits per heavy atom. The minimum absolute atomic E-state index is 0.226. The third-order valence-corrected chi connectivity index (χ3v) is 6.72. The topological polar surface area (TPSA) is 67.4 Å². The van der Waals surface area contributed by atoms with E-state index in [1.165, 1.54) is 0 Å². The van der Waals surface area contributed by atoms with Gasteiger partial charge in [0.05, 0.1) is 5.41 Å². The molecule has 1 atom stereocenters. The van der Waals surface area contributed by atoms with Gasteiger partial charge in [0.2, 0.25) is 5.91 Å². The van der Waals surface area contributed by atoms with Gasteiger partial charge in [-0.3, -0.25) is 4.79 Å². The number of aromatic nitrogens is 2. The van der Waals surface area contributed by atoms with Crippen LogP contribution in [-0.4, -0.2) is 54.1 Å². The van der Waals surface area contributed by atoms with E-state index in [0.717, 1.165) is 55.1 Å². The predicted molar refractivity (Wildman–Crippen MR) is 118 cm³/mol. The van der Waals surface area contributed by atoms with E-state index in [-0.39, 0.29) is 11.3 Å². The summed E-state index contributed by atoms with van der Waals surface area (Å²) in [6.07, 6.45) is 3.39. The Morgan fingerprint density at radius 2 is 1.87 bits per heavy atom. The molecule has 1 amide bonds. The number of nitrogens with one attached hydrogen (secondary N) is 1. The summed E-state index contributed by atoms with van der Waals surface area (Å²) in [6.45, 7) is 6.87. The highest BCUT2D eigenvalue weighted by atomic mass is 16.5. The van der Waals surface area contributed by atoms with Crippen molar-refractivity contribution < 1.29 is 9.53 Å². The van der Waals surface area contributed by atoms with Crippen LogP contribution in [0.2, 0.25) is 0 Å². The number of amides is 1. The maximum Gasteiger partial charge on any atom is 0.233 e. The number of hydrogen-bond donors (Lipinski definition) is 1. The van der Waals surface area contributed by atoms with Crippen molar-refractivity contribution in [3.8, 4) is 0 Å². The molecule has 0 unspecified atom stereocenters. The monoisotopic (exact) mass is 408 g/mol. The maximum absolute atomic E-state index is 14.0. The molecular weight excluding hydrogens is 376 g/mol. The van der Waals surface area contributed by atoms with Gasteiger partial charge in [-0.2, -0.15) is 0 Å². The molecule has 160 valence electrons. The third kappa shape index (κ3) is 3.81. The average molecular weight is 409 g/mol. The molecule has 0 aliphatic carbocycles. The number of hydrogen-bond acceptors (Lipinski definition) is 5. The van der Waals surface area contributed by atoms with Crippen molar-refractivity contribution in [3.05, 3.63) is 53.5 Å². The molecule has 6 nitrogen and oxygen atoms in total. The summed E-state index contributed by atoms with van der Waals surface area (Å²) in [4.78, 5) is 25.6. The Morgan fingerprint density at radius 1 is 1.13 bits per heavy atom. The second kappa shape index (κ2) is 8.34. The standard InChI is InChI=1S/C24H32N4O2/c1-18-16-20(25-3)27-21(26-18)23(2)10-7-13-28(17-23)22(29)24(11-14-30-15-12-24)19-8-5-4-6-9-19/h4-6,8-9,16H,7,10-15,17H2,1-3H3,(H,25,26,27)/t23-/m0/s1. The lowest BCUT2D eigenvalue weighted by Crippen LogP contribution is -2.55. The van der Waals surface area contributed by atoms with Gasteiger partial charge in [-0.25, -0.2) is 9.97 Å². The first kappa shape index (κ1) is 20.8. The first-order valence-corrected chi connectivity index (χ1v) is 10.9. The Labute approximate surface area is 179 Å². The first-order chi connectivity index (χ1) is 14.5. The molecule has 4 rings (SSSR count). The van der Waals surface area contributed by atoms with Gasteiger partial charge in [-0.15, -0.1) is 0 Å². The van der Waals surface area contributed by atoms with Crippen LogP contribution in [0.15, 0.2) is 36.4 Å². The Kier molecular flexibility index (Phi) is 5.78. The predicted octanol–water partition coefficient (Wildman–Crippen LogP) is 3.46. The van der Waals surface area contributed by atoms with Gasteiger partial charge >= 0.3 is 0 Å². The van der Waals surface area contributed by atoms with E-state index in [0.29, 0.717) is 19.8 Å². The van der Waals surface area contributed by atoms with Gasteiger partial charge in [0.25, 0.3) is 0 Å². The smallest absolute Gasteiger partial charge is 0.233 e. The highest BCUT2D eigenvalue weighted by Crippen LogP contribution is 2.40. The number of benzene rings is 1. The zero-order chi connectivity index (χ0) is 21.2. The maximum atomic E-state index is 14.0. The summed E-state index contributed by atoms with van der Waals surface area (Å²) in [5, 5.41) is 3.13. The van der Waals surface area contributed by atoms with Gasteiger partial charge in [0.1, 0.15) is 11.6 Å². The molecular formula is C24H32N4O2. The average Bonchev–Trinajstić information content (AvgIpc) is 2.79. The van der Waals surface area contributed by atoms with E-state index in [9.17, 15) is 4.79 Å². The molecule has 1 aromatic heterocycles. The summed E-state index contributed by atoms with van der Waals surface area (Å²) in [7, 11) is 1.87. The molecule has 0 radical (unpaired) electrons. The highest BCUT2D eigenvalue weighted by molar-refractivity contribution is 5.88. The minimum atomic E-state index is -0.499. The first-order valence-electron chi connectivity index (χ1n) is 10.9. The van der Waals surface area contributed by atoms with E-state index in [1.54, 1.807) is 0 Å². The number of ether oxygens (including phenoxy) is 1. The molecule has 1 N–H and O–H groups in total. The summed E-state index contributed by atoms with van der Waals surface area (Å²) >= 11 is 0. The second-order valence-electron chi connectivity index (χ2n) is 8.92. The molecule has 3 heterocycles. The Hall–Kier alpha value is -2.47. The molecule has 1 aromatic carbocycles. The van der Waals surface area contributed by atoms with E-state index < -0.39 is 5.41 Å². The lowest BCUT2D eigenvalue weighted by molar-refractivity contribution is -0.143. The summed E-state index contributed by atoms with van der Waals surface area (Å²) < 4.78 is 5.64. The number of piperidine rings is 1. The molecule has 2 aliphatic heterocycles. The molecule has 2 aliphatic rings. The van der Waals surface area contributed by atoms with Crippen LogP contribution in [0.4, 0.5) is 5.82 Å². The van der Waals surface area contributed by atoms with Crippen molar-refractivity contribution in [1.29, 1.82) is 0 Å². The van der Waals surface area contributed by atoms with E-state index in [4.69, 9.17) is 14.7 Å². The van der Waals surface area contributed by atoms with Gasteiger partial charge in [0.15, 0.2) is 0 Å². The van der Waals surface area contributed by atoms with Gasteiger partial charge in [-0.05, 0) is 38.2 Å². The van der Waals surface area contributed by atoms with Gasteiger partial charge in [-0.1, -0.05) is 37.3 Å².